The summed E-state index contributed by atoms with van der Waals surface area (Å²) in [5.74, 6) is 2.93. The Balaban J connectivity index is 1.52. The largest absolute Gasteiger partial charge is 0.456 e. The third-order valence-corrected chi connectivity index (χ3v) is 14.9. The summed E-state index contributed by atoms with van der Waals surface area (Å²) in [6, 6.07) is 11.6. The molecule has 25 heteroatoms. The topological polar surface area (TPSA) is 298 Å². The average molecular weight is 1080 g/mol. The smallest absolute Gasteiger partial charge is 0.333 e. The number of hydroxylamine groups is 2. The molecule has 0 radical (unpaired) electrons. The van der Waals surface area contributed by atoms with E-state index in [4.69, 9.17) is 34.1 Å². The van der Waals surface area contributed by atoms with Crippen LogP contribution in [0.2, 0.25) is 0 Å². The highest BCUT2D eigenvalue weighted by Crippen LogP contribution is 2.51. The molecule has 0 bridgehead atoms. The van der Waals surface area contributed by atoms with Gasteiger partial charge in [0.05, 0.1) is 62.1 Å². The molecule has 3 heterocycles. The van der Waals surface area contributed by atoms with Gasteiger partial charge in [0.2, 0.25) is 5.36 Å². The lowest BCUT2D eigenvalue weighted by molar-refractivity contribution is -0.197. The molecule has 1 aromatic rings. The van der Waals surface area contributed by atoms with Gasteiger partial charge in [0.1, 0.15) is 24.7 Å². The Morgan fingerprint density at radius 1 is 0.849 bits per heavy atom. The summed E-state index contributed by atoms with van der Waals surface area (Å²) in [5, 5.41) is 1.16. The van der Waals surface area contributed by atoms with Gasteiger partial charge in [-0.05, 0) is 85.2 Å². The average Bonchev–Trinajstić information content (AvgIpc) is 3.75. The predicted molar refractivity (Wildman–Crippen MR) is 267 cm³/mol. The second-order valence-electron chi connectivity index (χ2n) is 18.6. The number of nitrogens with two attached hydrogens (primary N) is 1. The highest BCUT2D eigenvalue weighted by molar-refractivity contribution is 7.86. The summed E-state index contributed by atoms with van der Waals surface area (Å²) in [4.78, 5) is 43.7. The molecule has 0 spiro atoms. The van der Waals surface area contributed by atoms with Crippen LogP contribution in [-0.2, 0) is 83.6 Å². The van der Waals surface area contributed by atoms with Crippen molar-refractivity contribution in [1.82, 2.24) is 9.64 Å². The standard InChI is InChI=1S/C48H66N4O18S3/c1-47(2,3)39-33-36(68-42-32-35(13-15-38(39)42)50(20-8-30-71(56,57)58)22-23-65-26-27-67-29-28-66-25-24-64-5)10-6-11-43-48(4,19-7-12-46(55)69-52-44(53)17-18-45(52)54)40-34-37(73(61,62)63)14-16-41(40)51(43)21-9-31-72(59,60)70-49/h6,10-11,13-16,32-34H,7-9,12,17-31,49H2,1-5H3,(H-,56,57,58,61,62,63)/p+1. The van der Waals surface area contributed by atoms with E-state index in [9.17, 15) is 48.7 Å². The number of amides is 2. The number of benzene rings is 2. The number of hydrogen-bond donors (Lipinski definition) is 3. The number of hydrogen-bond acceptors (Lipinski definition) is 18. The summed E-state index contributed by atoms with van der Waals surface area (Å²) < 4.78 is 127. The normalized spacial score (nSPS) is 17.7. The van der Waals surface area contributed by atoms with Gasteiger partial charge in [0.25, 0.3) is 42.2 Å². The Labute approximate surface area is 426 Å². The molecule has 1 fully saturated rings. The molecule has 1 atom stereocenters. The van der Waals surface area contributed by atoms with Crippen LogP contribution in [0.25, 0.3) is 17.4 Å². The van der Waals surface area contributed by atoms with Crippen molar-refractivity contribution in [3.05, 3.63) is 82.6 Å². The molecule has 4 N–H and O–H groups in total. The van der Waals surface area contributed by atoms with Crippen molar-refractivity contribution in [3.8, 4) is 11.3 Å². The molecule has 73 heavy (non-hydrogen) atoms. The van der Waals surface area contributed by atoms with E-state index in [1.165, 1.54) is 18.2 Å². The molecular weight excluding hydrogens is 1020 g/mol. The number of allylic oxidation sites excluding steroid dienone is 3. The zero-order chi connectivity index (χ0) is 53.6. The van der Waals surface area contributed by atoms with Gasteiger partial charge in [-0.3, -0.25) is 18.7 Å². The molecule has 1 aromatic carbocycles. The second-order valence-corrected chi connectivity index (χ2v) is 23.3. The molecule has 5 rings (SSSR count). The Kier molecular flexibility index (Phi) is 21.0. The number of fused-ring (bicyclic) bond motifs is 2. The van der Waals surface area contributed by atoms with Crippen LogP contribution in [0.3, 0.4) is 0 Å². The minimum absolute atomic E-state index is 0.0108. The highest BCUT2D eigenvalue weighted by Gasteiger charge is 2.44. The molecule has 22 nitrogen and oxygen atoms in total. The lowest BCUT2D eigenvalue weighted by Gasteiger charge is -2.30. The van der Waals surface area contributed by atoms with Gasteiger partial charge in [0.15, 0.2) is 6.54 Å². The van der Waals surface area contributed by atoms with E-state index in [2.05, 4.69) is 25.1 Å². The first-order valence-electron chi connectivity index (χ1n) is 23.7. The Bertz CT molecular complexity index is 2860. The first kappa shape index (κ1) is 59.0. The molecule has 4 aliphatic rings. The van der Waals surface area contributed by atoms with Crippen LogP contribution in [0.15, 0.2) is 69.6 Å². The van der Waals surface area contributed by atoms with Crippen LogP contribution in [0.5, 0.6) is 0 Å². The molecule has 1 unspecified atom stereocenters. The van der Waals surface area contributed by atoms with Gasteiger partial charge < -0.3 is 33.1 Å². The second kappa shape index (κ2) is 26.0. The summed E-state index contributed by atoms with van der Waals surface area (Å²) >= 11 is 0. The van der Waals surface area contributed by atoms with Crippen LogP contribution in [-0.4, -0.2) is 142 Å². The van der Waals surface area contributed by atoms with Gasteiger partial charge in [-0.25, -0.2) is 9.37 Å². The van der Waals surface area contributed by atoms with Crippen LogP contribution in [0.1, 0.15) is 89.5 Å². The molecule has 1 aliphatic carbocycles. The Hall–Kier alpha value is -4.93. The third-order valence-electron chi connectivity index (χ3n) is 12.2. The first-order valence-corrected chi connectivity index (χ1v) is 28.3. The minimum Gasteiger partial charge on any atom is -0.456 e. The van der Waals surface area contributed by atoms with Crippen LogP contribution in [0.4, 0.5) is 5.69 Å². The number of rotatable bonds is 29. The van der Waals surface area contributed by atoms with Crippen molar-refractivity contribution in [2.24, 2.45) is 5.90 Å². The summed E-state index contributed by atoms with van der Waals surface area (Å²) in [7, 11) is -11.4. The van der Waals surface area contributed by atoms with E-state index in [-0.39, 0.29) is 64.6 Å². The van der Waals surface area contributed by atoms with Crippen LogP contribution >= 0.6 is 0 Å². The van der Waals surface area contributed by atoms with Crippen molar-refractivity contribution >= 4 is 59.9 Å². The molecule has 404 valence electrons. The summed E-state index contributed by atoms with van der Waals surface area (Å²) in [5.41, 5.74) is 1.74. The van der Waals surface area contributed by atoms with E-state index in [0.29, 0.717) is 85.1 Å². The summed E-state index contributed by atoms with van der Waals surface area (Å²) in [6.45, 7) is 11.3. The fraction of sp³-hybridized carbons (Fsp3) is 0.542. The molecule has 0 saturated carbocycles. The monoisotopic (exact) mass is 1080 g/mol. The van der Waals surface area contributed by atoms with Crippen molar-refractivity contribution in [2.45, 2.75) is 88.4 Å². The van der Waals surface area contributed by atoms with Crippen molar-refractivity contribution in [2.75, 3.05) is 89.4 Å². The zero-order valence-corrected chi connectivity index (χ0v) is 44.2. The zero-order valence-electron chi connectivity index (χ0n) is 41.8. The summed E-state index contributed by atoms with van der Waals surface area (Å²) in [6.07, 6.45) is 5.20. The van der Waals surface area contributed by atoms with E-state index >= 15 is 0 Å². The van der Waals surface area contributed by atoms with Crippen molar-refractivity contribution in [1.29, 1.82) is 0 Å². The SMILES string of the molecule is COCCOCCOCCOCC[N+](CCCS(=O)(=O)O)=c1ccc2c(C(C)(C)C)cc(C=CC=C3N(CCCS(=O)(=O)ON)c4ccc(S(=O)(=O)O)cc4C3(C)CCCC(=O)ON3C(=O)CCC3=O)oc-2c1. The maximum Gasteiger partial charge on any atom is 0.333 e. The molecular formula is C48H67N4O18S3+. The molecule has 0 aromatic heterocycles. The van der Waals surface area contributed by atoms with E-state index in [1.807, 2.05) is 28.8 Å². The number of ether oxygens (including phenoxy) is 4. The lowest BCUT2D eigenvalue weighted by atomic mass is 9.77. The Morgan fingerprint density at radius 3 is 2.12 bits per heavy atom. The van der Waals surface area contributed by atoms with Gasteiger partial charge in [-0.1, -0.05) is 26.8 Å². The van der Waals surface area contributed by atoms with E-state index in [0.717, 1.165) is 11.1 Å². The van der Waals surface area contributed by atoms with E-state index < -0.39 is 75.4 Å². The fourth-order valence-corrected chi connectivity index (χ4v) is 10.1. The van der Waals surface area contributed by atoms with Gasteiger partial charge in [-0.15, -0.1) is 5.06 Å². The third kappa shape index (κ3) is 17.0. The van der Waals surface area contributed by atoms with Gasteiger partial charge in [-0.2, -0.15) is 35.4 Å². The maximum atomic E-state index is 12.9. The number of carbonyl (C=O) groups excluding carboxylic acids is 3. The Morgan fingerprint density at radius 2 is 1.51 bits per heavy atom. The van der Waals surface area contributed by atoms with Gasteiger partial charge >= 0.3 is 5.97 Å². The first-order chi connectivity index (χ1) is 34.4. The van der Waals surface area contributed by atoms with Crippen LogP contribution in [0, 0.1) is 0 Å². The maximum absolute atomic E-state index is 12.9. The lowest BCUT2D eigenvalue weighted by Crippen LogP contribution is -2.35. The number of methoxy groups -OCH3 is 1. The molecule has 1 saturated heterocycles. The minimum atomic E-state index is -4.70. The fourth-order valence-electron chi connectivity index (χ4n) is 8.53. The molecule has 3 aliphatic heterocycles. The van der Waals surface area contributed by atoms with Crippen molar-refractivity contribution < 1.29 is 81.2 Å². The highest BCUT2D eigenvalue weighted by atomic mass is 32.2. The van der Waals surface area contributed by atoms with Gasteiger partial charge in [0, 0.05) is 67.8 Å². The quantitative estimate of drug-likeness (QED) is 0.0293. The number of nitrogens with zero attached hydrogens (tertiary/aromatic N) is 3. The van der Waals surface area contributed by atoms with E-state index in [1.54, 1.807) is 37.2 Å². The molecule has 2 amide bonds. The number of carbonyl (C=O) groups is 3. The predicted octanol–water partition coefficient (Wildman–Crippen LogP) is 3.74. The number of anilines is 1. The van der Waals surface area contributed by atoms with Crippen LogP contribution < -0.4 is 20.7 Å². The van der Waals surface area contributed by atoms with Crippen molar-refractivity contribution in [3.63, 3.8) is 0 Å². The number of imide groups is 1.